The Labute approximate surface area is 174 Å². The number of anilines is 3. The smallest absolute Gasteiger partial charge is 0.165 e. The quantitative estimate of drug-likeness (QED) is 0.508. The van der Waals surface area contributed by atoms with Crippen LogP contribution in [0, 0.1) is 0 Å². The average Bonchev–Trinajstić information content (AvgIpc) is 3.13. The van der Waals surface area contributed by atoms with Gasteiger partial charge in [-0.25, -0.2) is 15.0 Å². The Bertz CT molecular complexity index is 1160. The molecule has 0 unspecified atom stereocenters. The lowest BCUT2D eigenvalue weighted by molar-refractivity contribution is 0.524. The van der Waals surface area contributed by atoms with E-state index in [1.54, 1.807) is 18.7 Å². The molecule has 4 aromatic rings. The molecular weight excluding hydrogens is 376 g/mol. The largest absolute Gasteiger partial charge is 0.397 e. The number of rotatable bonds is 4. The summed E-state index contributed by atoms with van der Waals surface area (Å²) in [6.07, 6.45) is 7.19. The molecule has 0 bridgehead atoms. The van der Waals surface area contributed by atoms with E-state index >= 15 is 0 Å². The number of nitrogens with one attached hydrogen (secondary N) is 1. The average molecular weight is 400 g/mol. The molecule has 3 N–H and O–H groups in total. The number of para-hydroxylation sites is 2. The van der Waals surface area contributed by atoms with Gasteiger partial charge in [0, 0.05) is 44.1 Å². The molecule has 4 heterocycles. The number of hydrogen-bond acceptors (Lipinski definition) is 7. The molecule has 0 radical (unpaired) electrons. The fourth-order valence-corrected chi connectivity index (χ4v) is 4.06. The topological polar surface area (TPSA) is 97.8 Å². The van der Waals surface area contributed by atoms with Gasteiger partial charge in [0.15, 0.2) is 17.0 Å². The molecule has 8 nitrogen and oxygen atoms in total. The SMILES string of the molecule is Cn1c(-c2ccncc2)nc2c(N3CCC(Nc4ccccc4N)CC3)ncnc21. The van der Waals surface area contributed by atoms with Crippen molar-refractivity contribution in [1.29, 1.82) is 0 Å². The van der Waals surface area contributed by atoms with Crippen molar-refractivity contribution in [3.05, 3.63) is 55.1 Å². The van der Waals surface area contributed by atoms with Crippen molar-refractivity contribution >= 4 is 28.4 Å². The maximum absolute atomic E-state index is 6.08. The third kappa shape index (κ3) is 3.30. The van der Waals surface area contributed by atoms with E-state index in [1.807, 2.05) is 48.0 Å². The Balaban J connectivity index is 1.38. The van der Waals surface area contributed by atoms with Crippen LogP contribution in [0.3, 0.4) is 0 Å². The van der Waals surface area contributed by atoms with Crippen LogP contribution in [0.1, 0.15) is 12.8 Å². The second-order valence-electron chi connectivity index (χ2n) is 7.59. The number of nitrogen functional groups attached to an aromatic ring is 1. The van der Waals surface area contributed by atoms with Gasteiger partial charge in [-0.05, 0) is 37.1 Å². The summed E-state index contributed by atoms with van der Waals surface area (Å²) in [6.45, 7) is 1.80. The Morgan fingerprint density at radius 2 is 1.80 bits per heavy atom. The van der Waals surface area contributed by atoms with Crippen LogP contribution < -0.4 is 16.0 Å². The first-order valence-electron chi connectivity index (χ1n) is 10.1. The summed E-state index contributed by atoms with van der Waals surface area (Å²) in [5, 5.41) is 3.58. The highest BCUT2D eigenvalue weighted by molar-refractivity contribution is 5.86. The molecule has 0 aliphatic carbocycles. The van der Waals surface area contributed by atoms with Gasteiger partial charge in [0.05, 0.1) is 11.4 Å². The van der Waals surface area contributed by atoms with E-state index in [0.29, 0.717) is 6.04 Å². The van der Waals surface area contributed by atoms with Crippen LogP contribution in [0.5, 0.6) is 0 Å². The first kappa shape index (κ1) is 18.4. The van der Waals surface area contributed by atoms with Gasteiger partial charge in [0.25, 0.3) is 0 Å². The Hall–Kier alpha value is -3.68. The fourth-order valence-electron chi connectivity index (χ4n) is 4.06. The van der Waals surface area contributed by atoms with E-state index in [1.165, 1.54) is 0 Å². The number of nitrogens with two attached hydrogens (primary N) is 1. The van der Waals surface area contributed by atoms with E-state index in [-0.39, 0.29) is 0 Å². The van der Waals surface area contributed by atoms with Gasteiger partial charge < -0.3 is 20.5 Å². The minimum Gasteiger partial charge on any atom is -0.397 e. The molecule has 0 amide bonds. The standard InChI is InChI=1S/C22H24N8/c1-29-20(15-6-10-24-11-7-15)28-19-21(29)25-14-26-22(19)30-12-8-16(9-13-30)27-18-5-3-2-4-17(18)23/h2-7,10-11,14,16,27H,8-9,12-13,23H2,1H3. The third-order valence-electron chi connectivity index (χ3n) is 5.69. The van der Waals surface area contributed by atoms with Crippen molar-refractivity contribution in [2.24, 2.45) is 7.05 Å². The molecule has 0 saturated carbocycles. The lowest BCUT2D eigenvalue weighted by atomic mass is 10.0. The van der Waals surface area contributed by atoms with Crippen molar-refractivity contribution in [3.63, 3.8) is 0 Å². The number of imidazole rings is 1. The zero-order valence-electron chi connectivity index (χ0n) is 16.9. The summed E-state index contributed by atoms with van der Waals surface area (Å²) < 4.78 is 2.02. The highest BCUT2D eigenvalue weighted by atomic mass is 15.2. The number of nitrogens with zero attached hydrogens (tertiary/aromatic N) is 6. The van der Waals surface area contributed by atoms with Crippen molar-refractivity contribution in [1.82, 2.24) is 24.5 Å². The number of pyridine rings is 1. The van der Waals surface area contributed by atoms with Crippen LogP contribution in [0.25, 0.3) is 22.6 Å². The van der Waals surface area contributed by atoms with Gasteiger partial charge in [-0.1, -0.05) is 12.1 Å². The maximum Gasteiger partial charge on any atom is 0.165 e. The minimum atomic E-state index is 0.388. The number of fused-ring (bicyclic) bond motifs is 1. The Morgan fingerprint density at radius 1 is 1.03 bits per heavy atom. The zero-order valence-corrected chi connectivity index (χ0v) is 16.9. The predicted molar refractivity (Wildman–Crippen MR) is 119 cm³/mol. The van der Waals surface area contributed by atoms with Crippen molar-refractivity contribution in [2.75, 3.05) is 29.0 Å². The summed E-state index contributed by atoms with van der Waals surface area (Å²) >= 11 is 0. The number of piperidine rings is 1. The summed E-state index contributed by atoms with van der Waals surface area (Å²) in [5.41, 5.74) is 10.6. The number of aromatic nitrogens is 5. The van der Waals surface area contributed by atoms with Crippen molar-refractivity contribution in [3.8, 4) is 11.4 Å². The van der Waals surface area contributed by atoms with Gasteiger partial charge in [0.1, 0.15) is 12.2 Å². The van der Waals surface area contributed by atoms with Crippen LogP contribution in [0.15, 0.2) is 55.1 Å². The third-order valence-corrected chi connectivity index (χ3v) is 5.69. The van der Waals surface area contributed by atoms with Gasteiger partial charge in [-0.15, -0.1) is 0 Å². The molecule has 30 heavy (non-hydrogen) atoms. The van der Waals surface area contributed by atoms with E-state index in [4.69, 9.17) is 10.7 Å². The second-order valence-corrected chi connectivity index (χ2v) is 7.59. The number of benzene rings is 1. The molecule has 1 aromatic carbocycles. The summed E-state index contributed by atoms with van der Waals surface area (Å²) in [4.78, 5) is 20.4. The van der Waals surface area contributed by atoms with Crippen molar-refractivity contribution in [2.45, 2.75) is 18.9 Å². The maximum atomic E-state index is 6.08. The van der Waals surface area contributed by atoms with E-state index in [2.05, 4.69) is 25.2 Å². The molecule has 5 rings (SSSR count). The molecule has 1 aliphatic heterocycles. The number of hydrogen-bond donors (Lipinski definition) is 2. The lowest BCUT2D eigenvalue weighted by Gasteiger charge is -2.33. The predicted octanol–water partition coefficient (Wildman–Crippen LogP) is 3.09. The Morgan fingerprint density at radius 3 is 2.57 bits per heavy atom. The summed E-state index contributed by atoms with van der Waals surface area (Å²) in [7, 11) is 1.99. The minimum absolute atomic E-state index is 0.388. The normalized spacial score (nSPS) is 14.9. The zero-order chi connectivity index (χ0) is 20.5. The molecule has 152 valence electrons. The van der Waals surface area contributed by atoms with Gasteiger partial charge in [-0.2, -0.15) is 0 Å². The molecule has 8 heteroatoms. The van der Waals surface area contributed by atoms with Crippen LogP contribution in [0.2, 0.25) is 0 Å². The first-order chi connectivity index (χ1) is 14.7. The molecule has 1 saturated heterocycles. The highest BCUT2D eigenvalue weighted by Gasteiger charge is 2.24. The monoisotopic (exact) mass is 400 g/mol. The van der Waals surface area contributed by atoms with Crippen LogP contribution in [-0.4, -0.2) is 43.6 Å². The number of aryl methyl sites for hydroxylation is 1. The van der Waals surface area contributed by atoms with Crippen molar-refractivity contribution < 1.29 is 0 Å². The summed E-state index contributed by atoms with van der Waals surface area (Å²) in [6, 6.07) is 12.2. The first-order valence-corrected chi connectivity index (χ1v) is 10.1. The van der Waals surface area contributed by atoms with E-state index in [0.717, 1.165) is 65.7 Å². The van der Waals surface area contributed by atoms with Crippen LogP contribution in [-0.2, 0) is 7.05 Å². The molecular formula is C22H24N8. The van der Waals surface area contributed by atoms with Crippen LogP contribution in [0.4, 0.5) is 17.2 Å². The second kappa shape index (κ2) is 7.62. The summed E-state index contributed by atoms with van der Waals surface area (Å²) in [5.74, 6) is 1.76. The van der Waals surface area contributed by atoms with Gasteiger partial charge in [0.2, 0.25) is 0 Å². The molecule has 1 fully saturated rings. The Kier molecular flexibility index (Phi) is 4.66. The highest BCUT2D eigenvalue weighted by Crippen LogP contribution is 2.29. The molecule has 3 aromatic heterocycles. The van der Waals surface area contributed by atoms with Gasteiger partial charge in [-0.3, -0.25) is 4.98 Å². The fraction of sp³-hybridized carbons (Fsp3) is 0.273. The van der Waals surface area contributed by atoms with Crippen LogP contribution >= 0.6 is 0 Å². The molecule has 1 aliphatic rings. The lowest BCUT2D eigenvalue weighted by Crippen LogP contribution is -2.39. The molecule has 0 spiro atoms. The van der Waals surface area contributed by atoms with Gasteiger partial charge >= 0.3 is 0 Å². The van der Waals surface area contributed by atoms with E-state index < -0.39 is 0 Å². The molecule has 0 atom stereocenters. The van der Waals surface area contributed by atoms with E-state index in [9.17, 15) is 0 Å².